The van der Waals surface area contributed by atoms with Crippen molar-refractivity contribution in [2.75, 3.05) is 0 Å². The summed E-state index contributed by atoms with van der Waals surface area (Å²) in [6.07, 6.45) is 3.21. The molecule has 0 fully saturated rings. The average Bonchev–Trinajstić information content (AvgIpc) is 2.91. The van der Waals surface area contributed by atoms with E-state index in [0.717, 1.165) is 17.8 Å². The van der Waals surface area contributed by atoms with Crippen molar-refractivity contribution in [1.82, 2.24) is 20.5 Å². The minimum Gasteiger partial charge on any atom is -0.307 e. The Bertz CT molecular complexity index is 532. The van der Waals surface area contributed by atoms with Crippen LogP contribution in [0.1, 0.15) is 27.3 Å². The molecule has 0 saturated carbocycles. The first-order valence-electron chi connectivity index (χ1n) is 5.08. The molecule has 0 atom stereocenters. The lowest BCUT2D eigenvalue weighted by Gasteiger charge is -1.98. The Hall–Kier alpha value is -2.01. The Labute approximate surface area is 91.9 Å². The normalized spacial score (nSPS) is 13.8. The van der Waals surface area contributed by atoms with Crippen LogP contribution in [0.3, 0.4) is 0 Å². The maximum Gasteiger partial charge on any atom is 0.215 e. The van der Waals surface area contributed by atoms with Crippen LogP contribution in [0.4, 0.5) is 0 Å². The summed E-state index contributed by atoms with van der Waals surface area (Å²) < 4.78 is 0. The number of nitrogens with zero attached hydrogens (tertiary/aromatic N) is 2. The predicted octanol–water partition coefficient (Wildman–Crippen LogP) is 0.639. The topological polar surface area (TPSA) is 70.7 Å². The molecule has 1 aliphatic rings. The third-order valence-corrected chi connectivity index (χ3v) is 2.70. The fourth-order valence-corrected chi connectivity index (χ4v) is 1.87. The third-order valence-electron chi connectivity index (χ3n) is 2.70. The Kier molecular flexibility index (Phi) is 2.04. The van der Waals surface area contributed by atoms with E-state index >= 15 is 0 Å². The number of H-pyrrole nitrogens is 1. The van der Waals surface area contributed by atoms with E-state index in [1.807, 2.05) is 0 Å². The van der Waals surface area contributed by atoms with Gasteiger partial charge in [-0.3, -0.25) is 14.9 Å². The Morgan fingerprint density at radius 2 is 2.31 bits per heavy atom. The van der Waals surface area contributed by atoms with Crippen LogP contribution in [0, 0.1) is 0 Å². The molecule has 2 N–H and O–H groups in total. The van der Waals surface area contributed by atoms with E-state index in [1.54, 1.807) is 24.5 Å². The molecule has 0 spiro atoms. The third kappa shape index (κ3) is 1.33. The summed E-state index contributed by atoms with van der Waals surface area (Å²) in [5.74, 6) is -0.0747. The molecule has 3 rings (SSSR count). The standard InChI is InChI=1S/C11H10N4O/c16-11(7-2-1-3-12-4-7)10-8-5-13-6-9(8)14-15-10/h1-4,13H,5-6H2,(H,14,15). The molecule has 0 radical (unpaired) electrons. The number of aromatic nitrogens is 3. The molecule has 5 heteroatoms. The van der Waals surface area contributed by atoms with Gasteiger partial charge in [-0.15, -0.1) is 0 Å². The maximum absolute atomic E-state index is 12.1. The molecule has 0 saturated heterocycles. The van der Waals surface area contributed by atoms with Crippen LogP contribution in [0.5, 0.6) is 0 Å². The summed E-state index contributed by atoms with van der Waals surface area (Å²) >= 11 is 0. The lowest BCUT2D eigenvalue weighted by molar-refractivity contribution is 0.103. The number of aromatic amines is 1. The van der Waals surface area contributed by atoms with Gasteiger partial charge in [-0.05, 0) is 12.1 Å². The highest BCUT2D eigenvalue weighted by Gasteiger charge is 2.23. The highest BCUT2D eigenvalue weighted by Crippen LogP contribution is 2.19. The van der Waals surface area contributed by atoms with Gasteiger partial charge in [0.1, 0.15) is 5.69 Å². The Balaban J connectivity index is 2.02. The zero-order valence-electron chi connectivity index (χ0n) is 8.53. The van der Waals surface area contributed by atoms with Crippen molar-refractivity contribution in [3.8, 4) is 0 Å². The number of rotatable bonds is 2. The van der Waals surface area contributed by atoms with Crippen LogP contribution in [0.2, 0.25) is 0 Å². The summed E-state index contributed by atoms with van der Waals surface area (Å²) in [6, 6.07) is 3.50. The summed E-state index contributed by atoms with van der Waals surface area (Å²) in [6.45, 7) is 1.45. The lowest BCUT2D eigenvalue weighted by atomic mass is 10.1. The lowest BCUT2D eigenvalue weighted by Crippen LogP contribution is -2.08. The molecule has 16 heavy (non-hydrogen) atoms. The molecule has 0 unspecified atom stereocenters. The van der Waals surface area contributed by atoms with Gasteiger partial charge in [0.25, 0.3) is 0 Å². The van der Waals surface area contributed by atoms with Crippen molar-refractivity contribution in [2.45, 2.75) is 13.1 Å². The van der Waals surface area contributed by atoms with E-state index in [4.69, 9.17) is 0 Å². The highest BCUT2D eigenvalue weighted by molar-refractivity contribution is 6.08. The van der Waals surface area contributed by atoms with Crippen molar-refractivity contribution in [2.24, 2.45) is 0 Å². The Morgan fingerprint density at radius 1 is 1.38 bits per heavy atom. The second-order valence-electron chi connectivity index (χ2n) is 3.70. The molecule has 1 aliphatic heterocycles. The molecule has 0 bridgehead atoms. The molecule has 0 aromatic carbocycles. The summed E-state index contributed by atoms with van der Waals surface area (Å²) in [4.78, 5) is 16.1. The van der Waals surface area contributed by atoms with Gasteiger partial charge < -0.3 is 5.32 Å². The molecule has 5 nitrogen and oxygen atoms in total. The van der Waals surface area contributed by atoms with E-state index in [-0.39, 0.29) is 5.78 Å². The number of ketones is 1. The van der Waals surface area contributed by atoms with Crippen LogP contribution in [-0.2, 0) is 13.1 Å². The van der Waals surface area contributed by atoms with Gasteiger partial charge in [0.2, 0.25) is 5.78 Å². The molecule has 2 aromatic heterocycles. The van der Waals surface area contributed by atoms with Crippen LogP contribution < -0.4 is 5.32 Å². The summed E-state index contributed by atoms with van der Waals surface area (Å²) in [5.41, 5.74) is 3.07. The SMILES string of the molecule is O=C(c1cccnc1)c1n[nH]c2c1CNC2. The largest absolute Gasteiger partial charge is 0.307 e. The van der Waals surface area contributed by atoms with E-state index in [9.17, 15) is 4.79 Å². The number of fused-ring (bicyclic) bond motifs is 1. The van der Waals surface area contributed by atoms with Crippen LogP contribution >= 0.6 is 0 Å². The summed E-state index contributed by atoms with van der Waals surface area (Å²) in [5, 5.41) is 10.1. The molecular formula is C11H10N4O. The van der Waals surface area contributed by atoms with Crippen molar-refractivity contribution in [3.05, 3.63) is 47.0 Å². The van der Waals surface area contributed by atoms with Gasteiger partial charge in [0.05, 0.1) is 5.69 Å². The van der Waals surface area contributed by atoms with Gasteiger partial charge in [-0.2, -0.15) is 5.10 Å². The summed E-state index contributed by atoms with van der Waals surface area (Å²) in [7, 11) is 0. The van der Waals surface area contributed by atoms with Gasteiger partial charge in [-0.1, -0.05) is 0 Å². The van der Waals surface area contributed by atoms with Gasteiger partial charge >= 0.3 is 0 Å². The molecule has 80 valence electrons. The number of hydrogen-bond acceptors (Lipinski definition) is 4. The molecule has 2 aromatic rings. The monoisotopic (exact) mass is 214 g/mol. The molecule has 3 heterocycles. The highest BCUT2D eigenvalue weighted by atomic mass is 16.1. The second-order valence-corrected chi connectivity index (χ2v) is 3.70. The number of hydrogen-bond donors (Lipinski definition) is 2. The quantitative estimate of drug-likeness (QED) is 0.720. The number of pyridine rings is 1. The van der Waals surface area contributed by atoms with Gasteiger partial charge in [-0.25, -0.2) is 0 Å². The van der Waals surface area contributed by atoms with Crippen molar-refractivity contribution < 1.29 is 4.79 Å². The minimum absolute atomic E-state index is 0.0747. The first-order chi connectivity index (χ1) is 7.86. The Morgan fingerprint density at radius 3 is 3.12 bits per heavy atom. The van der Waals surface area contributed by atoms with Crippen molar-refractivity contribution in [3.63, 3.8) is 0 Å². The molecule has 0 amide bonds. The first kappa shape index (κ1) is 9.23. The van der Waals surface area contributed by atoms with Crippen molar-refractivity contribution in [1.29, 1.82) is 0 Å². The van der Waals surface area contributed by atoms with E-state index < -0.39 is 0 Å². The smallest absolute Gasteiger partial charge is 0.215 e. The van der Waals surface area contributed by atoms with E-state index in [2.05, 4.69) is 20.5 Å². The fourth-order valence-electron chi connectivity index (χ4n) is 1.87. The zero-order valence-corrected chi connectivity index (χ0v) is 8.53. The van der Waals surface area contributed by atoms with E-state index in [0.29, 0.717) is 17.8 Å². The van der Waals surface area contributed by atoms with Gasteiger partial charge in [0, 0.05) is 36.6 Å². The number of carbonyl (C=O) groups excluding carboxylic acids is 1. The number of nitrogens with one attached hydrogen (secondary N) is 2. The number of carbonyl (C=O) groups is 1. The average molecular weight is 214 g/mol. The minimum atomic E-state index is -0.0747. The predicted molar refractivity (Wildman–Crippen MR) is 56.8 cm³/mol. The molecule has 0 aliphatic carbocycles. The zero-order chi connectivity index (χ0) is 11.0. The van der Waals surface area contributed by atoms with E-state index in [1.165, 1.54) is 0 Å². The second kappa shape index (κ2) is 3.53. The van der Waals surface area contributed by atoms with Crippen LogP contribution in [-0.4, -0.2) is 21.0 Å². The van der Waals surface area contributed by atoms with Crippen LogP contribution in [0.25, 0.3) is 0 Å². The maximum atomic E-state index is 12.1. The van der Waals surface area contributed by atoms with Crippen molar-refractivity contribution >= 4 is 5.78 Å². The molecular weight excluding hydrogens is 204 g/mol. The fraction of sp³-hybridized carbons (Fsp3) is 0.182. The van der Waals surface area contributed by atoms with Crippen LogP contribution in [0.15, 0.2) is 24.5 Å². The first-order valence-corrected chi connectivity index (χ1v) is 5.08. The van der Waals surface area contributed by atoms with Gasteiger partial charge in [0.15, 0.2) is 0 Å².